The van der Waals surface area contributed by atoms with Gasteiger partial charge < -0.3 is 0 Å². The summed E-state index contributed by atoms with van der Waals surface area (Å²) in [6.45, 7) is 0. The minimum atomic E-state index is 0.484. The maximum Gasteiger partial charge on any atom is 0.0926 e. The second-order valence-corrected chi connectivity index (χ2v) is 3.37. The third-order valence-corrected chi connectivity index (χ3v) is 2.11. The van der Waals surface area contributed by atoms with Crippen molar-refractivity contribution in [3.8, 4) is 0 Å². The highest BCUT2D eigenvalue weighted by atomic mass is 35.5. The second-order valence-electron chi connectivity index (χ2n) is 2.47. The minimum absolute atomic E-state index is 0.484. The first-order valence-corrected chi connectivity index (χ1v) is 5.20. The molecule has 0 aliphatic rings. The van der Waals surface area contributed by atoms with E-state index in [1.807, 2.05) is 18.2 Å². The monoisotopic (exact) mass is 243 g/mol. The fourth-order valence-corrected chi connectivity index (χ4v) is 1.37. The van der Waals surface area contributed by atoms with E-state index in [-0.39, 0.29) is 0 Å². The van der Waals surface area contributed by atoms with Gasteiger partial charge in [-0.25, -0.2) is 0 Å². The molecule has 72 valence electrons. The molecule has 0 N–H and O–H groups in total. The van der Waals surface area contributed by atoms with Crippen LogP contribution in [0.1, 0.15) is 5.56 Å². The first kappa shape index (κ1) is 11.4. The normalized spacial score (nSPS) is 10.1. The summed E-state index contributed by atoms with van der Waals surface area (Å²) in [5, 5.41) is 2.83. The van der Waals surface area contributed by atoms with E-state index in [4.69, 9.17) is 23.2 Å². The highest BCUT2D eigenvalue weighted by molar-refractivity contribution is 7.78. The van der Waals surface area contributed by atoms with E-state index >= 15 is 0 Å². The Balaban J connectivity index is 3.00. The van der Waals surface area contributed by atoms with Gasteiger partial charge in [-0.3, -0.25) is 0 Å². The Morgan fingerprint density at radius 2 is 2.29 bits per heavy atom. The third-order valence-electron chi connectivity index (χ3n) is 1.54. The number of thiocarbonyl (C=S) groups is 1. The standard InChI is InChI=1S/C10H7Cl2NS/c11-5-1-2-8-3-4-10(13-7-14)9(12)6-8/h1-4,6H,5H2. The van der Waals surface area contributed by atoms with Crippen LogP contribution < -0.4 is 0 Å². The molecule has 0 radical (unpaired) electrons. The van der Waals surface area contributed by atoms with Crippen LogP contribution in [0.25, 0.3) is 6.08 Å². The number of aliphatic imine (C=N–C) groups is 1. The number of alkyl halides is 1. The van der Waals surface area contributed by atoms with E-state index in [1.54, 1.807) is 12.1 Å². The van der Waals surface area contributed by atoms with Crippen molar-refractivity contribution in [3.05, 3.63) is 34.9 Å². The number of benzene rings is 1. The molecule has 4 heteroatoms. The summed E-state index contributed by atoms with van der Waals surface area (Å²) in [4.78, 5) is 3.81. The average molecular weight is 244 g/mol. The van der Waals surface area contributed by atoms with Crippen molar-refractivity contribution in [1.82, 2.24) is 0 Å². The topological polar surface area (TPSA) is 12.4 Å². The predicted molar refractivity (Wildman–Crippen MR) is 65.9 cm³/mol. The maximum atomic E-state index is 5.94. The first-order valence-electron chi connectivity index (χ1n) is 3.88. The van der Waals surface area contributed by atoms with Crippen LogP contribution in [0.4, 0.5) is 5.69 Å². The number of isothiocyanates is 1. The van der Waals surface area contributed by atoms with Gasteiger partial charge in [-0.05, 0) is 29.9 Å². The lowest BCUT2D eigenvalue weighted by atomic mass is 10.2. The predicted octanol–water partition coefficient (Wildman–Crippen LogP) is 4.33. The average Bonchev–Trinajstić information content (AvgIpc) is 2.19. The number of allylic oxidation sites excluding steroid dienone is 1. The lowest BCUT2D eigenvalue weighted by Crippen LogP contribution is -1.73. The summed E-state index contributed by atoms with van der Waals surface area (Å²) in [5.74, 6) is 0.484. The van der Waals surface area contributed by atoms with Crippen LogP contribution in [-0.4, -0.2) is 11.0 Å². The fraction of sp³-hybridized carbons (Fsp3) is 0.100. The summed E-state index contributed by atoms with van der Waals surface area (Å²) >= 11 is 15.9. The van der Waals surface area contributed by atoms with Gasteiger partial charge in [0.05, 0.1) is 15.9 Å². The molecule has 0 saturated heterocycles. The SMILES string of the molecule is S=C=Nc1ccc(C=CCCl)cc1Cl. The number of hydrogen-bond donors (Lipinski definition) is 0. The van der Waals surface area contributed by atoms with Crippen LogP contribution in [0.3, 0.4) is 0 Å². The van der Waals surface area contributed by atoms with Crippen molar-refractivity contribution < 1.29 is 0 Å². The Morgan fingerprint density at radius 3 is 2.86 bits per heavy atom. The summed E-state index contributed by atoms with van der Waals surface area (Å²) in [5.41, 5.74) is 1.61. The zero-order chi connectivity index (χ0) is 10.4. The molecule has 14 heavy (non-hydrogen) atoms. The molecule has 0 heterocycles. The van der Waals surface area contributed by atoms with E-state index in [9.17, 15) is 0 Å². The molecule has 0 aliphatic carbocycles. The van der Waals surface area contributed by atoms with E-state index in [0.717, 1.165) is 5.56 Å². The smallest absolute Gasteiger partial charge is 0.0926 e. The van der Waals surface area contributed by atoms with Crippen LogP contribution >= 0.6 is 35.4 Å². The van der Waals surface area contributed by atoms with Gasteiger partial charge in [0.15, 0.2) is 0 Å². The molecule has 0 bridgehead atoms. The lowest BCUT2D eigenvalue weighted by molar-refractivity contribution is 1.53. The summed E-state index contributed by atoms with van der Waals surface area (Å²) in [6, 6.07) is 5.48. The van der Waals surface area contributed by atoms with E-state index in [2.05, 4.69) is 22.4 Å². The number of halogens is 2. The molecule has 0 saturated carbocycles. The number of nitrogens with zero attached hydrogens (tertiary/aromatic N) is 1. The Kier molecular flexibility index (Phi) is 4.85. The van der Waals surface area contributed by atoms with Gasteiger partial charge in [-0.2, -0.15) is 4.99 Å². The maximum absolute atomic E-state index is 5.94. The van der Waals surface area contributed by atoms with Gasteiger partial charge in [-0.15, -0.1) is 11.6 Å². The van der Waals surface area contributed by atoms with Gasteiger partial charge in [0.1, 0.15) is 0 Å². The van der Waals surface area contributed by atoms with Gasteiger partial charge in [0.25, 0.3) is 0 Å². The summed E-state index contributed by atoms with van der Waals surface area (Å²) in [6.07, 6.45) is 3.74. The molecule has 1 aromatic rings. The molecule has 0 aromatic heterocycles. The van der Waals surface area contributed by atoms with Crippen molar-refractivity contribution in [2.45, 2.75) is 0 Å². The lowest BCUT2D eigenvalue weighted by Gasteiger charge is -1.97. The Bertz CT molecular complexity index is 395. The molecule has 1 rings (SSSR count). The molecule has 1 aromatic carbocycles. The van der Waals surface area contributed by atoms with E-state index in [1.165, 1.54) is 0 Å². The molecule has 0 amide bonds. The van der Waals surface area contributed by atoms with Gasteiger partial charge >= 0.3 is 0 Å². The zero-order valence-electron chi connectivity index (χ0n) is 7.21. The van der Waals surface area contributed by atoms with E-state index < -0.39 is 0 Å². The van der Waals surface area contributed by atoms with E-state index in [0.29, 0.717) is 16.6 Å². The van der Waals surface area contributed by atoms with Crippen molar-refractivity contribution >= 4 is 52.3 Å². The van der Waals surface area contributed by atoms with Crippen LogP contribution in [0.2, 0.25) is 5.02 Å². The zero-order valence-corrected chi connectivity index (χ0v) is 9.53. The quantitative estimate of drug-likeness (QED) is 0.438. The Morgan fingerprint density at radius 1 is 1.50 bits per heavy atom. The van der Waals surface area contributed by atoms with Crippen LogP contribution in [0, 0.1) is 0 Å². The largest absolute Gasteiger partial charge is 0.193 e. The van der Waals surface area contributed by atoms with Gasteiger partial charge in [-0.1, -0.05) is 29.8 Å². The van der Waals surface area contributed by atoms with Crippen LogP contribution in [-0.2, 0) is 0 Å². The van der Waals surface area contributed by atoms with Crippen molar-refractivity contribution in [2.24, 2.45) is 4.99 Å². The molecule has 0 spiro atoms. The van der Waals surface area contributed by atoms with Gasteiger partial charge in [0, 0.05) is 5.88 Å². The summed E-state index contributed by atoms with van der Waals surface area (Å²) < 4.78 is 0. The van der Waals surface area contributed by atoms with Gasteiger partial charge in [0.2, 0.25) is 0 Å². The second kappa shape index (κ2) is 5.94. The van der Waals surface area contributed by atoms with Crippen LogP contribution in [0.5, 0.6) is 0 Å². The molecule has 0 aliphatic heterocycles. The minimum Gasteiger partial charge on any atom is -0.193 e. The Labute approximate surface area is 98.1 Å². The van der Waals surface area contributed by atoms with Crippen molar-refractivity contribution in [2.75, 3.05) is 5.88 Å². The summed E-state index contributed by atoms with van der Waals surface area (Å²) in [7, 11) is 0. The first-order chi connectivity index (χ1) is 6.77. The number of rotatable bonds is 3. The molecule has 0 atom stereocenters. The Hall–Kier alpha value is -0.660. The third kappa shape index (κ3) is 3.24. The van der Waals surface area contributed by atoms with Crippen LogP contribution in [0.15, 0.2) is 29.3 Å². The molecule has 0 fully saturated rings. The fourth-order valence-electron chi connectivity index (χ4n) is 0.947. The number of hydrogen-bond acceptors (Lipinski definition) is 2. The molecular weight excluding hydrogens is 237 g/mol. The highest BCUT2D eigenvalue weighted by Crippen LogP contribution is 2.25. The highest BCUT2D eigenvalue weighted by Gasteiger charge is 1.97. The molecular formula is C10H7Cl2NS. The van der Waals surface area contributed by atoms with Crippen molar-refractivity contribution in [3.63, 3.8) is 0 Å². The van der Waals surface area contributed by atoms with Crippen molar-refractivity contribution in [1.29, 1.82) is 0 Å². The molecule has 0 unspecified atom stereocenters. The molecule has 1 nitrogen and oxygen atoms in total.